The normalized spacial score (nSPS) is 20.6. The first-order chi connectivity index (χ1) is 12.8. The molecule has 144 valence electrons. The average Bonchev–Trinajstić information content (AvgIpc) is 2.76. The lowest BCUT2D eigenvalue weighted by Crippen LogP contribution is -2.17. The molecule has 0 aromatic heterocycles. The summed E-state index contributed by atoms with van der Waals surface area (Å²) in [5.41, 5.74) is 4.24. The van der Waals surface area contributed by atoms with Crippen LogP contribution in [0.15, 0.2) is 48.1 Å². The van der Waals surface area contributed by atoms with Crippen molar-refractivity contribution in [1.82, 2.24) is 0 Å². The van der Waals surface area contributed by atoms with Crippen LogP contribution in [0.3, 0.4) is 0 Å². The number of carbonyl (C=O) groups is 1. The second-order valence-corrected chi connectivity index (χ2v) is 8.53. The van der Waals surface area contributed by atoms with Gasteiger partial charge in [-0.3, -0.25) is 0 Å². The topological polar surface area (TPSA) is 46.5 Å². The van der Waals surface area contributed by atoms with E-state index in [0.29, 0.717) is 12.5 Å². The van der Waals surface area contributed by atoms with E-state index < -0.39 is 5.97 Å². The van der Waals surface area contributed by atoms with Gasteiger partial charge in [0.1, 0.15) is 5.75 Å². The number of aliphatic carboxylic acids is 1. The first-order valence-electron chi connectivity index (χ1n) is 9.93. The van der Waals surface area contributed by atoms with E-state index in [1.807, 2.05) is 19.1 Å². The average molecular weight is 367 g/mol. The van der Waals surface area contributed by atoms with Crippen LogP contribution in [-0.4, -0.2) is 17.7 Å². The zero-order valence-corrected chi connectivity index (χ0v) is 16.6. The molecule has 3 nitrogen and oxygen atoms in total. The molecule has 27 heavy (non-hydrogen) atoms. The molecule has 0 atom stereocenters. The first kappa shape index (κ1) is 19.5. The molecule has 0 amide bonds. The molecular weight excluding hydrogens is 336 g/mol. The zero-order chi connectivity index (χ0) is 19.4. The second kappa shape index (κ2) is 8.16. The van der Waals surface area contributed by atoms with Crippen LogP contribution in [-0.2, 0) is 4.79 Å². The van der Waals surface area contributed by atoms with Crippen LogP contribution in [0.25, 0.3) is 5.57 Å². The fraction of sp³-hybridized carbons (Fsp3) is 0.458. The van der Waals surface area contributed by atoms with E-state index in [1.165, 1.54) is 43.7 Å². The molecule has 0 unspecified atom stereocenters. The Bertz CT molecular complexity index is 790. The fourth-order valence-electron chi connectivity index (χ4n) is 4.00. The summed E-state index contributed by atoms with van der Waals surface area (Å²) in [5, 5.41) is 8.94. The van der Waals surface area contributed by atoms with Gasteiger partial charge >= 0.3 is 5.97 Å². The van der Waals surface area contributed by atoms with E-state index in [1.54, 1.807) is 0 Å². The van der Waals surface area contributed by atoms with Crippen LogP contribution in [0.5, 0.6) is 5.75 Å². The van der Waals surface area contributed by atoms with Crippen LogP contribution in [0.4, 0.5) is 0 Å². The molecule has 0 spiro atoms. The van der Waals surface area contributed by atoms with Crippen molar-refractivity contribution in [2.75, 3.05) is 6.61 Å². The summed E-state index contributed by atoms with van der Waals surface area (Å²) in [6, 6.07) is 6.63. The molecule has 1 N–H and O–H groups in total. The minimum Gasteiger partial charge on any atom is -0.492 e. The van der Waals surface area contributed by atoms with E-state index in [0.717, 1.165) is 22.5 Å². The Morgan fingerprint density at radius 1 is 1.22 bits per heavy atom. The monoisotopic (exact) mass is 366 g/mol. The molecule has 0 bridgehead atoms. The molecule has 3 heteroatoms. The summed E-state index contributed by atoms with van der Waals surface area (Å²) in [4.78, 5) is 10.9. The second-order valence-electron chi connectivity index (χ2n) is 8.53. The third-order valence-corrected chi connectivity index (χ3v) is 5.41. The van der Waals surface area contributed by atoms with Crippen molar-refractivity contribution in [3.8, 4) is 5.75 Å². The maximum atomic E-state index is 10.9. The number of carboxylic acids is 1. The lowest BCUT2D eigenvalue weighted by molar-refractivity contribution is -0.131. The summed E-state index contributed by atoms with van der Waals surface area (Å²) in [6.07, 6.45) is 13.9. The predicted molar refractivity (Wildman–Crippen MR) is 110 cm³/mol. The van der Waals surface area contributed by atoms with Gasteiger partial charge in [-0.2, -0.15) is 0 Å². The Hall–Kier alpha value is -2.29. The van der Waals surface area contributed by atoms with E-state index in [9.17, 15) is 4.79 Å². The quantitative estimate of drug-likeness (QED) is 0.515. The Balaban J connectivity index is 1.99. The number of ether oxygens (including phenoxy) is 1. The number of benzene rings is 1. The molecule has 0 radical (unpaired) electrons. The van der Waals surface area contributed by atoms with Crippen LogP contribution in [0.1, 0.15) is 69.9 Å². The molecule has 1 heterocycles. The lowest BCUT2D eigenvalue weighted by Gasteiger charge is -2.23. The number of hydrogen-bond donors (Lipinski definition) is 1. The Morgan fingerprint density at radius 2 is 1.96 bits per heavy atom. The largest absolute Gasteiger partial charge is 0.492 e. The minimum absolute atomic E-state index is 0.0892. The molecule has 2 aliphatic rings. The maximum Gasteiger partial charge on any atom is 0.328 e. The van der Waals surface area contributed by atoms with Crippen LogP contribution in [0.2, 0.25) is 0 Å². The van der Waals surface area contributed by atoms with Crippen molar-refractivity contribution in [1.29, 1.82) is 0 Å². The molecule has 0 saturated heterocycles. The summed E-state index contributed by atoms with van der Waals surface area (Å²) in [7, 11) is 0. The highest BCUT2D eigenvalue weighted by molar-refractivity contribution is 5.82. The van der Waals surface area contributed by atoms with Gasteiger partial charge in [0.25, 0.3) is 0 Å². The zero-order valence-electron chi connectivity index (χ0n) is 16.6. The van der Waals surface area contributed by atoms with Gasteiger partial charge in [0.15, 0.2) is 0 Å². The molecule has 1 aliphatic carbocycles. The number of carboxylic acid groups (broad SMARTS) is 1. The smallest absolute Gasteiger partial charge is 0.328 e. The fourth-order valence-corrected chi connectivity index (χ4v) is 4.00. The Morgan fingerprint density at radius 3 is 2.67 bits per heavy atom. The highest BCUT2D eigenvalue weighted by atomic mass is 16.5. The SMILES string of the molecule is CC(C=CC1=CC(C)(C)COc2ccc(C3CCCCC3)cc21)=CC(=O)O. The van der Waals surface area contributed by atoms with Gasteiger partial charge in [0.05, 0.1) is 6.61 Å². The highest BCUT2D eigenvalue weighted by Gasteiger charge is 2.24. The first-order valence-corrected chi connectivity index (χ1v) is 9.93. The Labute approximate surface area is 162 Å². The number of fused-ring (bicyclic) bond motifs is 1. The van der Waals surface area contributed by atoms with Gasteiger partial charge in [0.2, 0.25) is 0 Å². The van der Waals surface area contributed by atoms with Crippen molar-refractivity contribution in [3.05, 3.63) is 59.2 Å². The van der Waals surface area contributed by atoms with Gasteiger partial charge in [0, 0.05) is 17.1 Å². The number of allylic oxidation sites excluding steroid dienone is 4. The molecule has 1 aromatic rings. The standard InChI is InChI=1S/C24H30O3/c1-17(13-23(25)26)9-10-20-15-24(2,3)16-27-22-12-11-19(14-21(20)22)18-7-5-4-6-8-18/h9-15,18H,4-8,16H2,1-3H3,(H,25,26). The van der Waals surface area contributed by atoms with Gasteiger partial charge in [-0.1, -0.05) is 57.4 Å². The van der Waals surface area contributed by atoms with Crippen molar-refractivity contribution >= 4 is 11.5 Å². The van der Waals surface area contributed by atoms with E-state index in [2.05, 4.69) is 38.1 Å². The molecule has 3 rings (SSSR count). The molecule has 1 aliphatic heterocycles. The van der Waals surface area contributed by atoms with Crippen molar-refractivity contribution in [3.63, 3.8) is 0 Å². The van der Waals surface area contributed by atoms with Gasteiger partial charge in [-0.05, 0) is 54.5 Å². The molecule has 1 fully saturated rings. The van der Waals surface area contributed by atoms with Crippen molar-refractivity contribution < 1.29 is 14.6 Å². The van der Waals surface area contributed by atoms with Gasteiger partial charge in [-0.15, -0.1) is 0 Å². The van der Waals surface area contributed by atoms with Crippen LogP contribution in [0, 0.1) is 5.41 Å². The van der Waals surface area contributed by atoms with Gasteiger partial charge < -0.3 is 9.84 Å². The van der Waals surface area contributed by atoms with Crippen LogP contribution >= 0.6 is 0 Å². The number of hydrogen-bond acceptors (Lipinski definition) is 2. The molecule has 1 aromatic carbocycles. The summed E-state index contributed by atoms with van der Waals surface area (Å²) in [5.74, 6) is 0.630. The van der Waals surface area contributed by atoms with Gasteiger partial charge in [-0.25, -0.2) is 4.79 Å². The van der Waals surface area contributed by atoms with Crippen molar-refractivity contribution in [2.45, 2.75) is 58.8 Å². The minimum atomic E-state index is -0.921. The third kappa shape index (κ3) is 5.12. The summed E-state index contributed by atoms with van der Waals surface area (Å²) in [6.45, 7) is 6.76. The van der Waals surface area contributed by atoms with E-state index in [4.69, 9.17) is 9.84 Å². The summed E-state index contributed by atoms with van der Waals surface area (Å²) >= 11 is 0. The van der Waals surface area contributed by atoms with E-state index >= 15 is 0 Å². The highest BCUT2D eigenvalue weighted by Crippen LogP contribution is 2.40. The third-order valence-electron chi connectivity index (χ3n) is 5.41. The van der Waals surface area contributed by atoms with Crippen molar-refractivity contribution in [2.24, 2.45) is 5.41 Å². The Kier molecular flexibility index (Phi) is 5.88. The van der Waals surface area contributed by atoms with E-state index in [-0.39, 0.29) is 5.41 Å². The maximum absolute atomic E-state index is 10.9. The van der Waals surface area contributed by atoms with Crippen LogP contribution < -0.4 is 4.74 Å². The summed E-state index contributed by atoms with van der Waals surface area (Å²) < 4.78 is 6.11. The molecular formula is C24H30O3. The lowest BCUT2D eigenvalue weighted by atomic mass is 9.82. The number of rotatable bonds is 4. The predicted octanol–water partition coefficient (Wildman–Crippen LogP) is 6.12. The molecule has 1 saturated carbocycles.